The highest BCUT2D eigenvalue weighted by Gasteiger charge is 2.40. The SMILES string of the molecule is C=C(O)/C=C(\C[C@H](C)OC)C1=CC(=O)[C@@H]2CC3=C(C[C@@H]2N1)OCO3. The average Bonchev–Trinajstić information content (AvgIpc) is 2.99. The number of methoxy groups -OCH3 is 1. The number of ether oxygens (including phenoxy) is 3. The highest BCUT2D eigenvalue weighted by Crippen LogP contribution is 2.38. The molecule has 0 aromatic rings. The van der Waals surface area contributed by atoms with Gasteiger partial charge in [0.15, 0.2) is 5.78 Å². The summed E-state index contributed by atoms with van der Waals surface area (Å²) in [7, 11) is 1.63. The number of carbonyl (C=O) groups is 1. The number of hydrogen-bond acceptors (Lipinski definition) is 6. The van der Waals surface area contributed by atoms with Crippen molar-refractivity contribution in [3.8, 4) is 0 Å². The maximum Gasteiger partial charge on any atom is 0.230 e. The lowest BCUT2D eigenvalue weighted by Gasteiger charge is -2.35. The predicted octanol–water partition coefficient (Wildman–Crippen LogP) is 2.46. The molecule has 3 atom stereocenters. The van der Waals surface area contributed by atoms with Crippen molar-refractivity contribution in [2.75, 3.05) is 13.9 Å². The lowest BCUT2D eigenvalue weighted by atomic mass is 9.80. The zero-order chi connectivity index (χ0) is 17.3. The first-order valence-corrected chi connectivity index (χ1v) is 8.09. The lowest BCUT2D eigenvalue weighted by molar-refractivity contribution is -0.120. The molecule has 0 radical (unpaired) electrons. The van der Waals surface area contributed by atoms with Gasteiger partial charge in [-0.15, -0.1) is 0 Å². The molecule has 1 aliphatic carbocycles. The molecule has 0 aromatic heterocycles. The van der Waals surface area contributed by atoms with Crippen molar-refractivity contribution in [3.63, 3.8) is 0 Å². The molecule has 0 bridgehead atoms. The van der Waals surface area contributed by atoms with Crippen molar-refractivity contribution < 1.29 is 24.1 Å². The van der Waals surface area contributed by atoms with E-state index in [2.05, 4.69) is 11.9 Å². The third kappa shape index (κ3) is 3.33. The fourth-order valence-electron chi connectivity index (χ4n) is 3.33. The fourth-order valence-corrected chi connectivity index (χ4v) is 3.33. The van der Waals surface area contributed by atoms with E-state index in [1.807, 2.05) is 6.92 Å². The molecule has 0 amide bonds. The second-order valence-electron chi connectivity index (χ2n) is 6.39. The van der Waals surface area contributed by atoms with Gasteiger partial charge in [0, 0.05) is 50.1 Å². The molecule has 6 heteroatoms. The van der Waals surface area contributed by atoms with Gasteiger partial charge in [0.25, 0.3) is 0 Å². The van der Waals surface area contributed by atoms with E-state index in [0.29, 0.717) is 25.0 Å². The van der Waals surface area contributed by atoms with Gasteiger partial charge >= 0.3 is 0 Å². The Morgan fingerprint density at radius 2 is 2.21 bits per heavy atom. The second-order valence-corrected chi connectivity index (χ2v) is 6.39. The molecule has 130 valence electrons. The molecule has 2 aliphatic heterocycles. The van der Waals surface area contributed by atoms with Crippen LogP contribution in [0.3, 0.4) is 0 Å². The summed E-state index contributed by atoms with van der Waals surface area (Å²) >= 11 is 0. The maximum absolute atomic E-state index is 12.6. The topological polar surface area (TPSA) is 77.0 Å². The summed E-state index contributed by atoms with van der Waals surface area (Å²) in [5.41, 5.74) is 1.51. The van der Waals surface area contributed by atoms with Crippen LogP contribution in [0.1, 0.15) is 26.2 Å². The largest absolute Gasteiger partial charge is 0.509 e. The van der Waals surface area contributed by atoms with Gasteiger partial charge in [0.2, 0.25) is 6.79 Å². The van der Waals surface area contributed by atoms with Crippen molar-refractivity contribution in [2.45, 2.75) is 38.3 Å². The Bertz CT molecular complexity index is 646. The molecule has 2 N–H and O–H groups in total. The number of hydrogen-bond donors (Lipinski definition) is 2. The first-order valence-electron chi connectivity index (χ1n) is 8.09. The Balaban J connectivity index is 1.83. The molecule has 2 heterocycles. The van der Waals surface area contributed by atoms with Crippen molar-refractivity contribution >= 4 is 5.78 Å². The van der Waals surface area contributed by atoms with Crippen molar-refractivity contribution in [1.82, 2.24) is 5.32 Å². The van der Waals surface area contributed by atoms with Crippen molar-refractivity contribution in [3.05, 3.63) is 47.3 Å². The third-order valence-electron chi connectivity index (χ3n) is 4.66. The summed E-state index contributed by atoms with van der Waals surface area (Å²) in [6.07, 6.45) is 4.89. The van der Waals surface area contributed by atoms with Crippen molar-refractivity contribution in [2.24, 2.45) is 5.92 Å². The number of fused-ring (bicyclic) bond motifs is 1. The highest BCUT2D eigenvalue weighted by molar-refractivity contribution is 5.95. The first kappa shape index (κ1) is 16.6. The molecule has 3 rings (SSSR count). The van der Waals surface area contributed by atoms with Crippen LogP contribution >= 0.6 is 0 Å². The first-order chi connectivity index (χ1) is 11.5. The normalized spacial score (nSPS) is 27.3. The number of aliphatic hydroxyl groups is 1. The van der Waals surface area contributed by atoms with Gasteiger partial charge in [-0.2, -0.15) is 0 Å². The van der Waals surface area contributed by atoms with Crippen LogP contribution in [0.25, 0.3) is 0 Å². The molecule has 0 spiro atoms. The summed E-state index contributed by atoms with van der Waals surface area (Å²) in [5, 5.41) is 13.0. The molecule has 6 nitrogen and oxygen atoms in total. The molecular weight excluding hydrogens is 310 g/mol. The van der Waals surface area contributed by atoms with E-state index in [9.17, 15) is 9.90 Å². The summed E-state index contributed by atoms with van der Waals surface area (Å²) in [6, 6.07) is -0.0360. The van der Waals surface area contributed by atoms with Crippen LogP contribution in [0.15, 0.2) is 47.3 Å². The Labute approximate surface area is 141 Å². The number of ketones is 1. The number of allylic oxidation sites excluding steroid dienone is 4. The van der Waals surface area contributed by atoms with Gasteiger partial charge in [0.05, 0.1) is 6.10 Å². The minimum Gasteiger partial charge on any atom is -0.509 e. The summed E-state index contributed by atoms with van der Waals surface area (Å²) < 4.78 is 16.2. The number of nitrogens with one attached hydrogen (secondary N) is 1. The Morgan fingerprint density at radius 3 is 2.88 bits per heavy atom. The molecule has 0 fully saturated rings. The minimum absolute atomic E-state index is 0.0360. The molecular formula is C18H23NO5. The standard InChI is InChI=1S/C18H23NO5/c1-10(20)4-12(5-11(2)22-3)14-7-16(21)13-6-17-18(24-9-23-17)8-15(13)19-14/h4,7,11,13,15,19-20H,1,5-6,8-9H2,2-3H3/b12-4+/t11-,13+,15-/m0/s1. The number of carbonyl (C=O) groups excluding carboxylic acids is 1. The molecule has 0 saturated carbocycles. The fraction of sp³-hybridized carbons (Fsp3) is 0.500. The van der Waals surface area contributed by atoms with Gasteiger partial charge in [-0.1, -0.05) is 6.58 Å². The van der Waals surface area contributed by atoms with E-state index in [4.69, 9.17) is 14.2 Å². The van der Waals surface area contributed by atoms with Crippen molar-refractivity contribution in [1.29, 1.82) is 0 Å². The van der Waals surface area contributed by atoms with Crippen LogP contribution in [0, 0.1) is 5.92 Å². The van der Waals surface area contributed by atoms with Crippen LogP contribution in [0.2, 0.25) is 0 Å². The average molecular weight is 333 g/mol. The van der Waals surface area contributed by atoms with E-state index < -0.39 is 0 Å². The lowest BCUT2D eigenvalue weighted by Crippen LogP contribution is -2.46. The van der Waals surface area contributed by atoms with E-state index in [0.717, 1.165) is 17.1 Å². The molecule has 0 aromatic carbocycles. The summed E-state index contributed by atoms with van der Waals surface area (Å²) in [6.45, 7) is 5.69. The number of rotatable bonds is 5. The van der Waals surface area contributed by atoms with E-state index >= 15 is 0 Å². The number of aliphatic hydroxyl groups excluding tert-OH is 1. The molecule has 0 saturated heterocycles. The monoisotopic (exact) mass is 333 g/mol. The third-order valence-corrected chi connectivity index (χ3v) is 4.66. The smallest absolute Gasteiger partial charge is 0.230 e. The van der Waals surface area contributed by atoms with Crippen LogP contribution < -0.4 is 5.32 Å². The van der Waals surface area contributed by atoms with Gasteiger partial charge in [-0.3, -0.25) is 4.79 Å². The van der Waals surface area contributed by atoms with Crippen LogP contribution in [-0.4, -0.2) is 36.9 Å². The van der Waals surface area contributed by atoms with Gasteiger partial charge in [0.1, 0.15) is 17.3 Å². The quantitative estimate of drug-likeness (QED) is 0.594. The summed E-state index contributed by atoms with van der Waals surface area (Å²) in [4.78, 5) is 12.6. The van der Waals surface area contributed by atoms with Crippen LogP contribution in [0.5, 0.6) is 0 Å². The molecule has 0 unspecified atom stereocenters. The predicted molar refractivity (Wildman–Crippen MR) is 87.7 cm³/mol. The van der Waals surface area contributed by atoms with E-state index in [1.54, 1.807) is 19.3 Å². The Kier molecular flexibility index (Phi) is 4.66. The maximum atomic E-state index is 12.6. The minimum atomic E-state index is -0.146. The highest BCUT2D eigenvalue weighted by atomic mass is 16.7. The zero-order valence-electron chi connectivity index (χ0n) is 14.0. The zero-order valence-corrected chi connectivity index (χ0v) is 14.0. The second kappa shape index (κ2) is 6.73. The van der Waals surface area contributed by atoms with Crippen LogP contribution in [-0.2, 0) is 19.0 Å². The van der Waals surface area contributed by atoms with Gasteiger partial charge < -0.3 is 24.6 Å². The van der Waals surface area contributed by atoms with Gasteiger partial charge in [-0.05, 0) is 18.6 Å². The van der Waals surface area contributed by atoms with Crippen LogP contribution in [0.4, 0.5) is 0 Å². The summed E-state index contributed by atoms with van der Waals surface area (Å²) in [5.74, 6) is 1.51. The Morgan fingerprint density at radius 1 is 1.50 bits per heavy atom. The van der Waals surface area contributed by atoms with E-state index in [-0.39, 0.29) is 36.4 Å². The molecule has 24 heavy (non-hydrogen) atoms. The Hall–Kier alpha value is -2.21. The molecule has 3 aliphatic rings. The van der Waals surface area contributed by atoms with E-state index in [1.165, 1.54) is 0 Å². The van der Waals surface area contributed by atoms with Gasteiger partial charge in [-0.25, -0.2) is 0 Å².